The summed E-state index contributed by atoms with van der Waals surface area (Å²) in [6.07, 6.45) is 6.53. The van der Waals surface area contributed by atoms with E-state index in [9.17, 15) is 4.79 Å². The number of nitrogens with zero attached hydrogens (tertiary/aromatic N) is 2. The van der Waals surface area contributed by atoms with Crippen LogP contribution in [0.25, 0.3) is 0 Å². The number of amides is 1. The highest BCUT2D eigenvalue weighted by Gasteiger charge is 2.31. The lowest BCUT2D eigenvalue weighted by atomic mass is 10.1. The van der Waals surface area contributed by atoms with Gasteiger partial charge >= 0.3 is 0 Å². The first-order valence-corrected chi connectivity index (χ1v) is 8.05. The molecule has 1 atom stereocenters. The molecule has 0 bridgehead atoms. The maximum atomic E-state index is 12.7. The second-order valence-electron chi connectivity index (χ2n) is 5.12. The lowest BCUT2D eigenvalue weighted by Crippen LogP contribution is -2.35. The summed E-state index contributed by atoms with van der Waals surface area (Å²) in [7, 11) is 0. The van der Waals surface area contributed by atoms with Crippen LogP contribution in [0.15, 0.2) is 0 Å². The van der Waals surface area contributed by atoms with E-state index < -0.39 is 0 Å². The number of carbonyl (C=O) groups excluding carboxylic acids is 1. The number of nitrogen functional groups attached to an aromatic ring is 1. The van der Waals surface area contributed by atoms with Gasteiger partial charge in [0, 0.05) is 12.6 Å². The number of unbranched alkanes of at least 4 members (excludes halogenated alkanes) is 1. The monoisotopic (exact) mass is 281 g/mol. The number of aromatic nitrogens is 1. The predicted octanol–water partition coefficient (Wildman–Crippen LogP) is 3.08. The van der Waals surface area contributed by atoms with Gasteiger partial charge in [-0.3, -0.25) is 4.79 Å². The Morgan fingerprint density at radius 1 is 1.53 bits per heavy atom. The number of aryl methyl sites for hydroxylation is 1. The molecule has 1 saturated heterocycles. The van der Waals surface area contributed by atoms with Crippen molar-refractivity contribution in [1.82, 2.24) is 9.88 Å². The van der Waals surface area contributed by atoms with E-state index in [1.165, 1.54) is 24.2 Å². The van der Waals surface area contributed by atoms with E-state index in [0.717, 1.165) is 42.8 Å². The first kappa shape index (κ1) is 14.3. The predicted molar refractivity (Wildman–Crippen MR) is 79.5 cm³/mol. The minimum Gasteiger partial charge on any atom is -0.375 e. The average Bonchev–Trinajstić information content (AvgIpc) is 3.01. The Kier molecular flexibility index (Phi) is 4.80. The molecule has 2 rings (SSSR count). The highest BCUT2D eigenvalue weighted by molar-refractivity contribution is 7.17. The van der Waals surface area contributed by atoms with Crippen LogP contribution in [0.5, 0.6) is 0 Å². The van der Waals surface area contributed by atoms with Crippen LogP contribution in [0, 0.1) is 0 Å². The van der Waals surface area contributed by atoms with Crippen molar-refractivity contribution in [2.75, 3.05) is 12.3 Å². The van der Waals surface area contributed by atoms with Crippen molar-refractivity contribution in [3.8, 4) is 0 Å². The maximum Gasteiger partial charge on any atom is 0.266 e. The molecule has 1 unspecified atom stereocenters. The van der Waals surface area contributed by atoms with E-state index in [2.05, 4.69) is 11.9 Å². The molecule has 5 heteroatoms. The Labute approximate surface area is 119 Å². The van der Waals surface area contributed by atoms with Gasteiger partial charge in [-0.05, 0) is 25.7 Å². The first-order chi connectivity index (χ1) is 9.17. The van der Waals surface area contributed by atoms with Crippen LogP contribution in [0.1, 0.15) is 61.3 Å². The molecule has 1 aliphatic rings. The summed E-state index contributed by atoms with van der Waals surface area (Å²) in [6.45, 7) is 5.10. The number of nitrogens with two attached hydrogens (primary N) is 1. The number of likely N-dealkylation sites (tertiary alicyclic amines) is 1. The Morgan fingerprint density at radius 2 is 2.32 bits per heavy atom. The summed E-state index contributed by atoms with van der Waals surface area (Å²) in [4.78, 5) is 19.7. The largest absolute Gasteiger partial charge is 0.375 e. The minimum atomic E-state index is 0.143. The third kappa shape index (κ3) is 3.08. The summed E-state index contributed by atoms with van der Waals surface area (Å²) in [5.41, 5.74) is 6.60. The number of hydrogen-bond donors (Lipinski definition) is 1. The van der Waals surface area contributed by atoms with Gasteiger partial charge in [0.2, 0.25) is 0 Å². The molecule has 1 fully saturated rings. The van der Waals surface area contributed by atoms with Gasteiger partial charge < -0.3 is 10.6 Å². The van der Waals surface area contributed by atoms with Gasteiger partial charge in [0.25, 0.3) is 5.91 Å². The molecule has 0 aliphatic carbocycles. The van der Waals surface area contributed by atoms with Gasteiger partial charge in [0.1, 0.15) is 4.88 Å². The summed E-state index contributed by atoms with van der Waals surface area (Å²) in [6, 6.07) is 0.417. The van der Waals surface area contributed by atoms with Crippen molar-refractivity contribution in [3.63, 3.8) is 0 Å². The number of rotatable bonds is 5. The zero-order valence-electron chi connectivity index (χ0n) is 11.8. The quantitative estimate of drug-likeness (QED) is 0.902. The zero-order chi connectivity index (χ0) is 13.8. The second kappa shape index (κ2) is 6.37. The normalized spacial score (nSPS) is 19.1. The van der Waals surface area contributed by atoms with E-state index >= 15 is 0 Å². The van der Waals surface area contributed by atoms with Crippen LogP contribution in [0.4, 0.5) is 5.13 Å². The summed E-state index contributed by atoms with van der Waals surface area (Å²) < 4.78 is 0. The fourth-order valence-electron chi connectivity index (χ4n) is 2.75. The number of anilines is 1. The molecule has 1 aliphatic heterocycles. The van der Waals surface area contributed by atoms with E-state index in [1.54, 1.807) is 0 Å². The molecule has 1 aromatic heterocycles. The molecule has 4 nitrogen and oxygen atoms in total. The van der Waals surface area contributed by atoms with E-state index in [-0.39, 0.29) is 5.91 Å². The molecule has 2 N–H and O–H groups in total. The van der Waals surface area contributed by atoms with Crippen molar-refractivity contribution < 1.29 is 4.79 Å². The average molecular weight is 281 g/mol. The lowest BCUT2D eigenvalue weighted by Gasteiger charge is -2.24. The molecule has 2 heterocycles. The molecule has 0 radical (unpaired) electrons. The SMILES string of the molecule is CCCCC1CCCN1C(=O)c1sc(N)nc1CC. The fraction of sp³-hybridized carbons (Fsp3) is 0.714. The summed E-state index contributed by atoms with van der Waals surface area (Å²) in [5, 5.41) is 0.504. The van der Waals surface area contributed by atoms with Crippen LogP contribution >= 0.6 is 11.3 Å². The molecule has 0 saturated carbocycles. The highest BCUT2D eigenvalue weighted by Crippen LogP contribution is 2.28. The van der Waals surface area contributed by atoms with E-state index in [1.807, 2.05) is 11.8 Å². The van der Waals surface area contributed by atoms with Crippen molar-refractivity contribution in [1.29, 1.82) is 0 Å². The molecular formula is C14H23N3OS. The number of hydrogen-bond acceptors (Lipinski definition) is 4. The van der Waals surface area contributed by atoms with Crippen LogP contribution in [-0.4, -0.2) is 28.4 Å². The van der Waals surface area contributed by atoms with Crippen LogP contribution in [-0.2, 0) is 6.42 Å². The Bertz CT molecular complexity index is 444. The maximum absolute atomic E-state index is 12.7. The van der Waals surface area contributed by atoms with Crippen molar-refractivity contribution in [2.45, 2.75) is 58.4 Å². The first-order valence-electron chi connectivity index (χ1n) is 7.23. The molecule has 0 spiro atoms. The van der Waals surface area contributed by atoms with Gasteiger partial charge in [0.05, 0.1) is 5.69 Å². The van der Waals surface area contributed by atoms with E-state index in [0.29, 0.717) is 11.2 Å². The van der Waals surface area contributed by atoms with Crippen LogP contribution in [0.3, 0.4) is 0 Å². The Morgan fingerprint density at radius 3 is 3.00 bits per heavy atom. The smallest absolute Gasteiger partial charge is 0.266 e. The van der Waals surface area contributed by atoms with Gasteiger partial charge in [0.15, 0.2) is 5.13 Å². The number of thiazole rings is 1. The number of carbonyl (C=O) groups is 1. The lowest BCUT2D eigenvalue weighted by molar-refractivity contribution is 0.0732. The van der Waals surface area contributed by atoms with Crippen LogP contribution in [0.2, 0.25) is 0 Å². The molecule has 0 aromatic carbocycles. The van der Waals surface area contributed by atoms with Gasteiger partial charge in [-0.15, -0.1) is 0 Å². The highest BCUT2D eigenvalue weighted by atomic mass is 32.1. The third-order valence-corrected chi connectivity index (χ3v) is 4.69. The minimum absolute atomic E-state index is 0.143. The third-order valence-electron chi connectivity index (χ3n) is 3.77. The van der Waals surface area contributed by atoms with Crippen molar-refractivity contribution in [3.05, 3.63) is 10.6 Å². The van der Waals surface area contributed by atoms with Gasteiger partial charge in [-0.1, -0.05) is 38.0 Å². The topological polar surface area (TPSA) is 59.2 Å². The molecule has 106 valence electrons. The molecule has 19 heavy (non-hydrogen) atoms. The molecule has 1 aromatic rings. The molecule has 1 amide bonds. The second-order valence-corrected chi connectivity index (χ2v) is 6.15. The standard InChI is InChI=1S/C14H23N3OS/c1-3-5-7-10-8-6-9-17(10)13(18)12-11(4-2)16-14(15)19-12/h10H,3-9H2,1-2H3,(H2,15,16). The summed E-state index contributed by atoms with van der Waals surface area (Å²) >= 11 is 1.34. The summed E-state index contributed by atoms with van der Waals surface area (Å²) in [5.74, 6) is 0.143. The van der Waals surface area contributed by atoms with E-state index in [4.69, 9.17) is 5.73 Å². The molecular weight excluding hydrogens is 258 g/mol. The zero-order valence-corrected chi connectivity index (χ0v) is 12.6. The van der Waals surface area contributed by atoms with Gasteiger partial charge in [-0.25, -0.2) is 4.98 Å². The van der Waals surface area contributed by atoms with Gasteiger partial charge in [-0.2, -0.15) is 0 Å². The van der Waals surface area contributed by atoms with Crippen LogP contribution < -0.4 is 5.73 Å². The Balaban J connectivity index is 2.13. The Hall–Kier alpha value is -1.10. The van der Waals surface area contributed by atoms with Crippen molar-refractivity contribution in [2.24, 2.45) is 0 Å². The van der Waals surface area contributed by atoms with Crippen molar-refractivity contribution >= 4 is 22.4 Å². The fourth-order valence-corrected chi connectivity index (χ4v) is 3.63.